The molecule has 2 aromatic carbocycles. The van der Waals surface area contributed by atoms with Crippen LogP contribution in [0.25, 0.3) is 55.1 Å². The molecule has 6 heterocycles. The third-order valence-corrected chi connectivity index (χ3v) is 7.00. The van der Waals surface area contributed by atoms with Crippen molar-refractivity contribution in [1.29, 1.82) is 0 Å². The Bertz CT molecular complexity index is 1850. The molecule has 0 radical (unpaired) electrons. The number of hydrogen-bond donors (Lipinski definition) is 3. The molecule has 3 N–H and O–H groups in total. The quantitative estimate of drug-likeness (QED) is 0.299. The van der Waals surface area contributed by atoms with Gasteiger partial charge in [-0.1, -0.05) is 36.4 Å². The Morgan fingerprint density at radius 3 is 2.50 bits per heavy atom. The molecule has 186 valence electrons. The van der Waals surface area contributed by atoms with Crippen LogP contribution in [0.5, 0.6) is 0 Å². The number of fused-ring (bicyclic) bond motifs is 5. The fourth-order valence-corrected chi connectivity index (χ4v) is 5.15. The lowest BCUT2D eigenvalue weighted by atomic mass is 10.1. The molecule has 5 aromatic heterocycles. The monoisotopic (exact) mass is 498 g/mol. The average molecular weight is 499 g/mol. The molecule has 8 nitrogen and oxygen atoms in total. The molecule has 8 rings (SSSR count). The lowest BCUT2D eigenvalue weighted by Gasteiger charge is -2.29. The smallest absolute Gasteiger partial charge is 0.163 e. The van der Waals surface area contributed by atoms with E-state index in [9.17, 15) is 0 Å². The van der Waals surface area contributed by atoms with Gasteiger partial charge in [0.05, 0.1) is 11.7 Å². The van der Waals surface area contributed by atoms with Crippen molar-refractivity contribution in [3.05, 3.63) is 91.5 Å². The largest absolute Gasteiger partial charge is 0.361 e. The summed E-state index contributed by atoms with van der Waals surface area (Å²) in [5.74, 6) is 1.68. The van der Waals surface area contributed by atoms with Crippen LogP contribution in [0.15, 0.2) is 91.5 Å². The number of hydrogen-bond acceptors (Lipinski definition) is 6. The average Bonchev–Trinajstić information content (AvgIpc) is 3.62. The summed E-state index contributed by atoms with van der Waals surface area (Å²) in [6.07, 6.45) is 7.39. The summed E-state index contributed by atoms with van der Waals surface area (Å²) in [5.41, 5.74) is 4.96. The highest BCUT2D eigenvalue weighted by molar-refractivity contribution is 6.12. The molecule has 1 aliphatic heterocycles. The maximum absolute atomic E-state index is 5.05. The minimum absolute atomic E-state index is 0.705. The van der Waals surface area contributed by atoms with E-state index in [1.54, 1.807) is 6.20 Å². The second-order valence-electron chi connectivity index (χ2n) is 9.32. The Morgan fingerprint density at radius 1 is 0.763 bits per heavy atom. The lowest BCUT2D eigenvalue weighted by molar-refractivity contribution is 0.586. The van der Waals surface area contributed by atoms with Crippen molar-refractivity contribution in [3.63, 3.8) is 0 Å². The van der Waals surface area contributed by atoms with Crippen LogP contribution in [0.4, 0.5) is 5.82 Å². The first-order valence-electron chi connectivity index (χ1n) is 12.8. The van der Waals surface area contributed by atoms with Gasteiger partial charge in [-0.25, -0.2) is 15.0 Å². The Kier molecular flexibility index (Phi) is 5.64. The number of nitrogens with zero attached hydrogens (tertiary/aromatic N) is 5. The molecule has 7 aromatic rings. The second kappa shape index (κ2) is 9.57. The van der Waals surface area contributed by atoms with E-state index in [2.05, 4.69) is 60.5 Å². The highest BCUT2D eigenvalue weighted by Gasteiger charge is 2.19. The topological polar surface area (TPSA) is 98.4 Å². The number of para-hydroxylation sites is 2. The van der Waals surface area contributed by atoms with Crippen molar-refractivity contribution in [1.82, 2.24) is 35.2 Å². The molecule has 1 aliphatic rings. The van der Waals surface area contributed by atoms with Crippen LogP contribution in [0.1, 0.15) is 0 Å². The highest BCUT2D eigenvalue weighted by Crippen LogP contribution is 2.34. The van der Waals surface area contributed by atoms with E-state index in [0.717, 1.165) is 70.4 Å². The van der Waals surface area contributed by atoms with Gasteiger partial charge in [-0.05, 0) is 35.7 Å². The first-order chi connectivity index (χ1) is 18.8. The van der Waals surface area contributed by atoms with Gasteiger partial charge in [-0.2, -0.15) is 0 Å². The number of piperazine rings is 1. The molecule has 0 spiro atoms. The maximum atomic E-state index is 5.05. The van der Waals surface area contributed by atoms with E-state index in [1.807, 2.05) is 55.0 Å². The molecule has 0 bridgehead atoms. The van der Waals surface area contributed by atoms with Crippen molar-refractivity contribution in [2.75, 3.05) is 31.1 Å². The van der Waals surface area contributed by atoms with Crippen LogP contribution in [0.2, 0.25) is 0 Å². The van der Waals surface area contributed by atoms with Gasteiger partial charge in [0.1, 0.15) is 11.5 Å². The number of nitrogens with one attached hydrogen (secondary N) is 3. The summed E-state index contributed by atoms with van der Waals surface area (Å²) in [7, 11) is 0. The molecule has 0 atom stereocenters. The SMILES string of the molecule is c1ccc2[nH]ccc2c1.c1ccc2c(c1)[nH]c1nccc(-c3nc(N4CCNCC4)c4ccncc4n3)c12. The summed E-state index contributed by atoms with van der Waals surface area (Å²) in [6, 6.07) is 22.5. The molecule has 38 heavy (non-hydrogen) atoms. The van der Waals surface area contributed by atoms with E-state index < -0.39 is 0 Å². The van der Waals surface area contributed by atoms with Crippen LogP contribution in [-0.2, 0) is 0 Å². The van der Waals surface area contributed by atoms with Gasteiger partial charge < -0.3 is 20.2 Å². The van der Waals surface area contributed by atoms with E-state index in [-0.39, 0.29) is 0 Å². The Morgan fingerprint density at radius 2 is 1.61 bits per heavy atom. The molecule has 0 amide bonds. The Hall–Kier alpha value is -4.82. The zero-order valence-corrected chi connectivity index (χ0v) is 20.7. The summed E-state index contributed by atoms with van der Waals surface area (Å²) >= 11 is 0. The number of aromatic amines is 2. The van der Waals surface area contributed by atoms with Crippen molar-refractivity contribution >= 4 is 49.6 Å². The Labute approximate surface area is 218 Å². The number of aromatic nitrogens is 6. The predicted octanol–water partition coefficient (Wildman–Crippen LogP) is 5.30. The van der Waals surface area contributed by atoms with Gasteiger partial charge in [-0.15, -0.1) is 0 Å². The van der Waals surface area contributed by atoms with E-state index in [4.69, 9.17) is 9.97 Å². The molecular weight excluding hydrogens is 472 g/mol. The molecule has 8 heteroatoms. The summed E-state index contributed by atoms with van der Waals surface area (Å²) < 4.78 is 0. The molecule has 0 unspecified atom stereocenters. The zero-order valence-electron chi connectivity index (χ0n) is 20.7. The number of rotatable bonds is 2. The maximum Gasteiger partial charge on any atom is 0.163 e. The number of pyridine rings is 2. The number of anilines is 1. The van der Waals surface area contributed by atoms with Crippen molar-refractivity contribution < 1.29 is 0 Å². The van der Waals surface area contributed by atoms with Crippen LogP contribution in [0, 0.1) is 0 Å². The normalized spacial score (nSPS) is 13.7. The van der Waals surface area contributed by atoms with Crippen LogP contribution < -0.4 is 10.2 Å². The lowest BCUT2D eigenvalue weighted by Crippen LogP contribution is -2.44. The van der Waals surface area contributed by atoms with Crippen LogP contribution >= 0.6 is 0 Å². The zero-order chi connectivity index (χ0) is 25.3. The van der Waals surface area contributed by atoms with Gasteiger partial charge in [0, 0.05) is 77.5 Å². The van der Waals surface area contributed by atoms with E-state index in [0.29, 0.717) is 5.82 Å². The van der Waals surface area contributed by atoms with E-state index >= 15 is 0 Å². The molecular formula is C30H26N8. The van der Waals surface area contributed by atoms with Crippen molar-refractivity contribution in [2.24, 2.45) is 0 Å². The van der Waals surface area contributed by atoms with E-state index in [1.165, 1.54) is 10.9 Å². The second-order valence-corrected chi connectivity index (χ2v) is 9.32. The van der Waals surface area contributed by atoms with Gasteiger partial charge in [0.25, 0.3) is 0 Å². The number of benzene rings is 2. The first kappa shape index (κ1) is 22.4. The standard InChI is InChI=1S/C22H19N7.C8H7N/c1-2-4-17-14(3-1)19-16(6-8-25-21(19)26-17)20-27-18-13-24-7-5-15(18)22(28-20)29-11-9-23-10-12-29;1-2-4-8-7(3-1)5-6-9-8/h1-8,13,23H,9-12H2,(H,25,26);1-6,9H. The number of H-pyrrole nitrogens is 2. The van der Waals surface area contributed by atoms with Gasteiger partial charge in [-0.3, -0.25) is 4.98 Å². The summed E-state index contributed by atoms with van der Waals surface area (Å²) in [4.78, 5) is 27.6. The van der Waals surface area contributed by atoms with Crippen LogP contribution in [-0.4, -0.2) is 56.1 Å². The third kappa shape index (κ3) is 4.01. The molecule has 0 saturated carbocycles. The fourth-order valence-electron chi connectivity index (χ4n) is 5.15. The first-order valence-corrected chi connectivity index (χ1v) is 12.8. The summed E-state index contributed by atoms with van der Waals surface area (Å²) in [5, 5.41) is 7.90. The predicted molar refractivity (Wildman–Crippen MR) is 153 cm³/mol. The van der Waals surface area contributed by atoms with Gasteiger partial charge >= 0.3 is 0 Å². The molecule has 0 aliphatic carbocycles. The summed E-state index contributed by atoms with van der Waals surface area (Å²) in [6.45, 7) is 3.75. The Balaban J connectivity index is 0.000000227. The van der Waals surface area contributed by atoms with Crippen molar-refractivity contribution in [3.8, 4) is 11.4 Å². The molecule has 1 fully saturated rings. The van der Waals surface area contributed by atoms with Crippen molar-refractivity contribution in [2.45, 2.75) is 0 Å². The molecule has 1 saturated heterocycles. The third-order valence-electron chi connectivity index (χ3n) is 7.00. The minimum Gasteiger partial charge on any atom is -0.361 e. The fraction of sp³-hybridized carbons (Fsp3) is 0.133. The minimum atomic E-state index is 0.705. The van der Waals surface area contributed by atoms with Crippen LogP contribution in [0.3, 0.4) is 0 Å². The highest BCUT2D eigenvalue weighted by atomic mass is 15.2. The van der Waals surface area contributed by atoms with Gasteiger partial charge in [0.2, 0.25) is 0 Å². The van der Waals surface area contributed by atoms with Gasteiger partial charge in [0.15, 0.2) is 5.82 Å².